The van der Waals surface area contributed by atoms with Gasteiger partial charge in [0, 0.05) is 32.7 Å². The Morgan fingerprint density at radius 1 is 1.20 bits per heavy atom. The minimum atomic E-state index is -0.189. The van der Waals surface area contributed by atoms with E-state index in [2.05, 4.69) is 25.6 Å². The van der Waals surface area contributed by atoms with Gasteiger partial charge >= 0.3 is 0 Å². The van der Waals surface area contributed by atoms with Crippen LogP contribution >= 0.6 is 0 Å². The van der Waals surface area contributed by atoms with E-state index >= 15 is 0 Å². The van der Waals surface area contributed by atoms with Crippen molar-refractivity contribution < 1.29 is 9.21 Å². The van der Waals surface area contributed by atoms with Crippen LogP contribution in [-0.4, -0.2) is 53.9 Å². The predicted octanol–water partition coefficient (Wildman–Crippen LogP) is 2.81. The van der Waals surface area contributed by atoms with Crippen molar-refractivity contribution >= 4 is 11.9 Å². The van der Waals surface area contributed by atoms with Crippen LogP contribution in [0.1, 0.15) is 28.4 Å². The maximum atomic E-state index is 12.0. The lowest BCUT2D eigenvalue weighted by atomic mass is 10.2. The van der Waals surface area contributed by atoms with Crippen molar-refractivity contribution in [1.29, 1.82) is 0 Å². The molecule has 0 bridgehead atoms. The summed E-state index contributed by atoms with van der Waals surface area (Å²) in [5, 5.41) is 6.17. The Morgan fingerprint density at radius 2 is 1.97 bits per heavy atom. The molecule has 1 aromatic carbocycles. The molecule has 3 rings (SSSR count). The Balaban J connectivity index is 1.42. The van der Waals surface area contributed by atoms with Gasteiger partial charge in [0.05, 0.1) is 24.7 Å². The number of benzene rings is 1. The molecule has 0 spiro atoms. The summed E-state index contributed by atoms with van der Waals surface area (Å²) in [7, 11) is 3.71. The molecule has 0 aliphatic carbocycles. The molecule has 3 aromatic rings. The highest BCUT2D eigenvalue weighted by atomic mass is 16.3. The molecule has 0 atom stereocenters. The van der Waals surface area contributed by atoms with E-state index in [-0.39, 0.29) is 5.91 Å². The molecule has 8 heteroatoms. The molecule has 0 aliphatic heterocycles. The highest BCUT2D eigenvalue weighted by Crippen LogP contribution is 2.16. The summed E-state index contributed by atoms with van der Waals surface area (Å²) in [5.74, 6) is 1.80. The number of carbonyl (C=O) groups excluding carboxylic acids is 1. The van der Waals surface area contributed by atoms with Gasteiger partial charge < -0.3 is 24.9 Å². The second-order valence-corrected chi connectivity index (χ2v) is 6.98. The van der Waals surface area contributed by atoms with E-state index in [9.17, 15) is 4.79 Å². The number of guanidine groups is 1. The first-order valence-electron chi connectivity index (χ1n) is 9.92. The van der Waals surface area contributed by atoms with Crippen LogP contribution in [0.15, 0.2) is 58.3 Å². The lowest BCUT2D eigenvalue weighted by Crippen LogP contribution is -2.40. The van der Waals surface area contributed by atoms with Crippen LogP contribution in [0, 0.1) is 6.92 Å². The number of furan rings is 1. The van der Waals surface area contributed by atoms with E-state index in [0.29, 0.717) is 25.4 Å². The third-order valence-corrected chi connectivity index (χ3v) is 4.66. The maximum Gasteiger partial charge on any atom is 0.287 e. The number of hydrogen-bond donors (Lipinski definition) is 3. The van der Waals surface area contributed by atoms with E-state index < -0.39 is 0 Å². The van der Waals surface area contributed by atoms with Gasteiger partial charge in [0.25, 0.3) is 5.91 Å². The highest BCUT2D eigenvalue weighted by molar-refractivity contribution is 5.92. The van der Waals surface area contributed by atoms with Gasteiger partial charge in [0.15, 0.2) is 11.7 Å². The SMILES string of the molecule is CN=C(NCCCNC(=O)c1occc1C)N(C)Cc1ncc(-c2ccccc2)[nH]1. The largest absolute Gasteiger partial charge is 0.459 e. The zero-order valence-electron chi connectivity index (χ0n) is 17.6. The molecule has 158 valence electrons. The Bertz CT molecular complexity index is 976. The number of aromatic nitrogens is 2. The lowest BCUT2D eigenvalue weighted by Gasteiger charge is -2.21. The number of amides is 1. The van der Waals surface area contributed by atoms with Gasteiger partial charge in [-0.3, -0.25) is 9.79 Å². The summed E-state index contributed by atoms with van der Waals surface area (Å²) >= 11 is 0. The van der Waals surface area contributed by atoms with Gasteiger partial charge in [-0.15, -0.1) is 0 Å². The zero-order chi connectivity index (χ0) is 21.3. The first kappa shape index (κ1) is 21.2. The number of H-pyrrole nitrogens is 1. The van der Waals surface area contributed by atoms with Crippen LogP contribution in [0.25, 0.3) is 11.3 Å². The number of aromatic amines is 1. The van der Waals surface area contributed by atoms with Crippen LogP contribution in [-0.2, 0) is 6.54 Å². The van der Waals surface area contributed by atoms with Crippen LogP contribution in [0.5, 0.6) is 0 Å². The third-order valence-electron chi connectivity index (χ3n) is 4.66. The molecule has 3 N–H and O–H groups in total. The van der Waals surface area contributed by atoms with E-state index in [1.54, 1.807) is 13.1 Å². The molecule has 0 saturated carbocycles. The molecule has 8 nitrogen and oxygen atoms in total. The molecule has 2 heterocycles. The van der Waals surface area contributed by atoms with E-state index in [0.717, 1.165) is 35.0 Å². The Hall–Kier alpha value is -3.55. The molecule has 0 unspecified atom stereocenters. The summed E-state index contributed by atoms with van der Waals surface area (Å²) in [6, 6.07) is 11.9. The lowest BCUT2D eigenvalue weighted by molar-refractivity contribution is 0.0925. The van der Waals surface area contributed by atoms with Gasteiger partial charge in [0.1, 0.15) is 5.82 Å². The van der Waals surface area contributed by atoms with Crippen molar-refractivity contribution in [3.8, 4) is 11.3 Å². The quantitative estimate of drug-likeness (QED) is 0.302. The Kier molecular flexibility index (Phi) is 7.26. The topological polar surface area (TPSA) is 98.5 Å². The monoisotopic (exact) mass is 408 g/mol. The third kappa shape index (κ3) is 5.50. The van der Waals surface area contributed by atoms with E-state index in [1.165, 1.54) is 6.26 Å². The number of aliphatic imine (C=N–C) groups is 1. The van der Waals surface area contributed by atoms with Crippen LogP contribution in [0.4, 0.5) is 0 Å². The fraction of sp³-hybridized carbons (Fsp3) is 0.318. The fourth-order valence-corrected chi connectivity index (χ4v) is 3.07. The zero-order valence-corrected chi connectivity index (χ0v) is 17.6. The standard InChI is InChI=1S/C22H28N6O2/c1-16-10-13-30-20(16)21(29)24-11-7-12-25-22(23-2)28(3)15-19-26-14-18(27-19)17-8-5-4-6-9-17/h4-6,8-10,13-14H,7,11-12,15H2,1-3H3,(H,23,25)(H,24,29)(H,26,27). The van der Waals surface area contributed by atoms with Crippen molar-refractivity contribution in [1.82, 2.24) is 25.5 Å². The smallest absolute Gasteiger partial charge is 0.287 e. The first-order valence-corrected chi connectivity index (χ1v) is 9.92. The molecule has 2 aromatic heterocycles. The molecule has 0 aliphatic rings. The van der Waals surface area contributed by atoms with Crippen LogP contribution in [0.3, 0.4) is 0 Å². The van der Waals surface area contributed by atoms with Crippen molar-refractivity contribution in [2.75, 3.05) is 27.2 Å². The van der Waals surface area contributed by atoms with Gasteiger partial charge in [-0.2, -0.15) is 0 Å². The number of rotatable bonds is 8. The second-order valence-electron chi connectivity index (χ2n) is 6.98. The maximum absolute atomic E-state index is 12.0. The normalized spacial score (nSPS) is 11.4. The molecule has 0 radical (unpaired) electrons. The number of aryl methyl sites for hydroxylation is 1. The number of nitrogens with zero attached hydrogens (tertiary/aromatic N) is 3. The Labute approximate surface area is 176 Å². The second kappa shape index (κ2) is 10.3. The van der Waals surface area contributed by atoms with Crippen molar-refractivity contribution in [2.45, 2.75) is 19.9 Å². The average molecular weight is 409 g/mol. The fourth-order valence-electron chi connectivity index (χ4n) is 3.07. The number of nitrogens with one attached hydrogen (secondary N) is 3. The summed E-state index contributed by atoms with van der Waals surface area (Å²) in [4.78, 5) is 26.2. The summed E-state index contributed by atoms with van der Waals surface area (Å²) in [6.07, 6.45) is 4.13. The molecular formula is C22H28N6O2. The molecule has 30 heavy (non-hydrogen) atoms. The number of carbonyl (C=O) groups is 1. The molecule has 0 saturated heterocycles. The minimum absolute atomic E-state index is 0.189. The van der Waals surface area contributed by atoms with Gasteiger partial charge in [-0.1, -0.05) is 30.3 Å². The van der Waals surface area contributed by atoms with Gasteiger partial charge in [0.2, 0.25) is 0 Å². The summed E-state index contributed by atoms with van der Waals surface area (Å²) in [5.41, 5.74) is 2.93. The molecule has 0 fully saturated rings. The predicted molar refractivity (Wildman–Crippen MR) is 117 cm³/mol. The minimum Gasteiger partial charge on any atom is -0.459 e. The summed E-state index contributed by atoms with van der Waals surface area (Å²) in [6.45, 7) is 3.68. The Morgan fingerprint density at radius 3 is 2.67 bits per heavy atom. The summed E-state index contributed by atoms with van der Waals surface area (Å²) < 4.78 is 5.19. The number of imidazole rings is 1. The number of hydrogen-bond acceptors (Lipinski definition) is 4. The molecule has 1 amide bonds. The van der Waals surface area contributed by atoms with Gasteiger partial charge in [-0.05, 0) is 25.0 Å². The van der Waals surface area contributed by atoms with Crippen molar-refractivity contribution in [3.05, 3.63) is 66.0 Å². The van der Waals surface area contributed by atoms with Crippen LogP contribution < -0.4 is 10.6 Å². The van der Waals surface area contributed by atoms with Crippen LogP contribution in [0.2, 0.25) is 0 Å². The van der Waals surface area contributed by atoms with E-state index in [1.807, 2.05) is 55.4 Å². The van der Waals surface area contributed by atoms with Crippen molar-refractivity contribution in [2.24, 2.45) is 4.99 Å². The highest BCUT2D eigenvalue weighted by Gasteiger charge is 2.12. The van der Waals surface area contributed by atoms with E-state index in [4.69, 9.17) is 4.42 Å². The molecular weight excluding hydrogens is 380 g/mol. The first-order chi connectivity index (χ1) is 14.6. The van der Waals surface area contributed by atoms with Gasteiger partial charge in [-0.25, -0.2) is 4.98 Å². The average Bonchev–Trinajstić information content (AvgIpc) is 3.40. The van der Waals surface area contributed by atoms with Crippen molar-refractivity contribution in [3.63, 3.8) is 0 Å².